The first kappa shape index (κ1) is 24.5. The van der Waals surface area contributed by atoms with Crippen LogP contribution in [0.3, 0.4) is 0 Å². The van der Waals surface area contributed by atoms with Gasteiger partial charge in [-0.3, -0.25) is 14.6 Å². The summed E-state index contributed by atoms with van der Waals surface area (Å²) < 4.78 is 39.9. The summed E-state index contributed by atoms with van der Waals surface area (Å²) in [4.78, 5) is 29.1. The van der Waals surface area contributed by atoms with E-state index in [1.807, 2.05) is 12.1 Å². The number of pyridine rings is 1. The highest BCUT2D eigenvalue weighted by molar-refractivity contribution is 5.99. The maximum atomic E-state index is 13.3. The second-order valence-electron chi connectivity index (χ2n) is 8.66. The zero-order valence-electron chi connectivity index (χ0n) is 19.0. The topological polar surface area (TPSA) is 84.8 Å². The largest absolute Gasteiger partial charge is 0.417 e. The van der Waals surface area contributed by atoms with Gasteiger partial charge in [0.1, 0.15) is 0 Å². The number of aromatic nitrogens is 3. The fraction of sp³-hybridized carbons (Fsp3) is 0.346. The average Bonchev–Trinajstić information content (AvgIpc) is 2.88. The number of nitrogens with zero attached hydrogens (tertiary/aromatic N) is 3. The fourth-order valence-corrected chi connectivity index (χ4v) is 4.46. The predicted molar refractivity (Wildman–Crippen MR) is 123 cm³/mol. The minimum absolute atomic E-state index is 0.0493. The van der Waals surface area contributed by atoms with Crippen molar-refractivity contribution in [3.63, 3.8) is 0 Å². The maximum Gasteiger partial charge on any atom is 0.417 e. The first-order valence-electron chi connectivity index (χ1n) is 11.5. The third-order valence-electron chi connectivity index (χ3n) is 6.38. The summed E-state index contributed by atoms with van der Waals surface area (Å²) >= 11 is 0. The second kappa shape index (κ2) is 10.8. The number of nitrogens with one attached hydrogen (secondary N) is 1. The molecule has 0 aliphatic heterocycles. The van der Waals surface area contributed by atoms with Crippen LogP contribution in [0.15, 0.2) is 60.9 Å². The fourth-order valence-electron chi connectivity index (χ4n) is 4.46. The predicted octanol–water partition coefficient (Wildman–Crippen LogP) is 5.02. The number of ketones is 1. The van der Waals surface area contributed by atoms with Crippen LogP contribution in [-0.2, 0) is 12.6 Å². The van der Waals surface area contributed by atoms with Gasteiger partial charge in [0.2, 0.25) is 0 Å². The van der Waals surface area contributed by atoms with E-state index in [0.717, 1.165) is 17.3 Å². The Hall–Kier alpha value is -3.62. The maximum absolute atomic E-state index is 13.3. The lowest BCUT2D eigenvalue weighted by atomic mass is 9.77. The normalized spacial score (nSPS) is 18.1. The lowest BCUT2D eigenvalue weighted by Gasteiger charge is -2.27. The Morgan fingerprint density at radius 1 is 0.914 bits per heavy atom. The molecule has 35 heavy (non-hydrogen) atoms. The standard InChI is InChI=1S/C26H25F3N4O2/c27-26(28,29)21-4-2-1-3-20(21)24(34)19-7-5-18(6-8-19)22-9-10-23(33-32-22)25(35)31-16-13-17-11-14-30-15-12-17/h1-4,9-12,14-15,18-19H,5-8,13,16H2,(H,31,35). The van der Waals surface area contributed by atoms with E-state index in [0.29, 0.717) is 38.6 Å². The zero-order chi connectivity index (χ0) is 24.8. The van der Waals surface area contributed by atoms with E-state index >= 15 is 0 Å². The number of amides is 1. The first-order chi connectivity index (χ1) is 16.8. The van der Waals surface area contributed by atoms with Crippen molar-refractivity contribution in [1.29, 1.82) is 0 Å². The molecule has 1 aromatic carbocycles. The minimum atomic E-state index is -4.56. The monoisotopic (exact) mass is 482 g/mol. The van der Waals surface area contributed by atoms with Crippen molar-refractivity contribution in [2.24, 2.45) is 5.92 Å². The van der Waals surface area contributed by atoms with Crippen molar-refractivity contribution in [3.8, 4) is 0 Å². The molecule has 1 saturated carbocycles. The Labute approximate surface area is 201 Å². The van der Waals surface area contributed by atoms with Crippen molar-refractivity contribution in [1.82, 2.24) is 20.5 Å². The number of hydrogen-bond donors (Lipinski definition) is 1. The molecule has 6 nitrogen and oxygen atoms in total. The lowest BCUT2D eigenvalue weighted by Crippen LogP contribution is -2.27. The van der Waals surface area contributed by atoms with Crippen LogP contribution in [0.4, 0.5) is 13.2 Å². The molecule has 0 radical (unpaired) electrons. The van der Waals surface area contributed by atoms with Crippen LogP contribution in [0, 0.1) is 5.92 Å². The summed E-state index contributed by atoms with van der Waals surface area (Å²) in [6.07, 6.45) is 1.72. The van der Waals surface area contributed by atoms with Crippen molar-refractivity contribution in [2.75, 3.05) is 6.54 Å². The highest BCUT2D eigenvalue weighted by atomic mass is 19.4. The Bertz CT molecular complexity index is 1160. The van der Waals surface area contributed by atoms with Gasteiger partial charge in [0.15, 0.2) is 11.5 Å². The molecule has 0 spiro atoms. The molecule has 1 fully saturated rings. The van der Waals surface area contributed by atoms with Crippen LogP contribution >= 0.6 is 0 Å². The van der Waals surface area contributed by atoms with Crippen LogP contribution in [-0.4, -0.2) is 33.4 Å². The third kappa shape index (κ3) is 6.09. The number of rotatable bonds is 7. The van der Waals surface area contributed by atoms with Gasteiger partial charge in [-0.05, 0) is 68.0 Å². The number of halogens is 3. The van der Waals surface area contributed by atoms with E-state index in [1.54, 1.807) is 24.5 Å². The Morgan fingerprint density at radius 3 is 2.29 bits per heavy atom. The summed E-state index contributed by atoms with van der Waals surface area (Å²) in [5, 5.41) is 11.1. The molecule has 0 atom stereocenters. The zero-order valence-corrected chi connectivity index (χ0v) is 19.0. The highest BCUT2D eigenvalue weighted by Gasteiger charge is 2.37. The van der Waals surface area contributed by atoms with Gasteiger partial charge in [0, 0.05) is 36.3 Å². The Morgan fingerprint density at radius 2 is 1.63 bits per heavy atom. The number of Topliss-reactive ketones (excluding diaryl/α,β-unsaturated/α-hetero) is 1. The van der Waals surface area contributed by atoms with Gasteiger partial charge < -0.3 is 5.32 Å². The molecule has 1 aliphatic rings. The van der Waals surface area contributed by atoms with Gasteiger partial charge in [-0.25, -0.2) is 0 Å². The summed E-state index contributed by atoms with van der Waals surface area (Å²) in [5.41, 5.74) is 0.865. The molecule has 0 unspecified atom stereocenters. The highest BCUT2D eigenvalue weighted by Crippen LogP contribution is 2.38. The molecule has 9 heteroatoms. The molecule has 0 bridgehead atoms. The van der Waals surface area contributed by atoms with E-state index in [2.05, 4.69) is 20.5 Å². The SMILES string of the molecule is O=C(NCCc1ccncc1)c1ccc(C2CCC(C(=O)c3ccccc3C(F)(F)F)CC2)nn1. The molecule has 2 aromatic heterocycles. The minimum Gasteiger partial charge on any atom is -0.350 e. The summed E-state index contributed by atoms with van der Waals surface area (Å²) in [6.45, 7) is 0.460. The van der Waals surface area contributed by atoms with Crippen molar-refractivity contribution < 1.29 is 22.8 Å². The van der Waals surface area contributed by atoms with Crippen LogP contribution in [0.2, 0.25) is 0 Å². The van der Waals surface area contributed by atoms with Crippen LogP contribution < -0.4 is 5.32 Å². The number of alkyl halides is 3. The van der Waals surface area contributed by atoms with Crippen molar-refractivity contribution in [2.45, 2.75) is 44.2 Å². The molecule has 1 aliphatic carbocycles. The van der Waals surface area contributed by atoms with E-state index in [-0.39, 0.29) is 23.1 Å². The molecule has 4 rings (SSSR count). The molecule has 3 aromatic rings. The summed E-state index contributed by atoms with van der Waals surface area (Å²) in [7, 11) is 0. The Balaban J connectivity index is 1.30. The summed E-state index contributed by atoms with van der Waals surface area (Å²) in [6, 6.07) is 12.1. The third-order valence-corrected chi connectivity index (χ3v) is 6.38. The molecule has 0 saturated heterocycles. The van der Waals surface area contributed by atoms with E-state index in [4.69, 9.17) is 0 Å². The van der Waals surface area contributed by atoms with Crippen LogP contribution in [0.5, 0.6) is 0 Å². The molecular weight excluding hydrogens is 457 g/mol. The van der Waals surface area contributed by atoms with Gasteiger partial charge in [-0.1, -0.05) is 18.2 Å². The molecule has 2 heterocycles. The van der Waals surface area contributed by atoms with Gasteiger partial charge in [0.25, 0.3) is 5.91 Å². The van der Waals surface area contributed by atoms with E-state index in [9.17, 15) is 22.8 Å². The quantitative estimate of drug-likeness (QED) is 0.478. The average molecular weight is 483 g/mol. The van der Waals surface area contributed by atoms with Gasteiger partial charge in [-0.2, -0.15) is 18.3 Å². The van der Waals surface area contributed by atoms with E-state index in [1.165, 1.54) is 18.2 Å². The van der Waals surface area contributed by atoms with Crippen molar-refractivity contribution >= 4 is 11.7 Å². The molecule has 1 N–H and O–H groups in total. The number of benzene rings is 1. The van der Waals surface area contributed by atoms with Crippen LogP contribution in [0.1, 0.15) is 69.3 Å². The van der Waals surface area contributed by atoms with E-state index < -0.39 is 23.4 Å². The smallest absolute Gasteiger partial charge is 0.350 e. The summed E-state index contributed by atoms with van der Waals surface area (Å²) in [5.74, 6) is -1.17. The van der Waals surface area contributed by atoms with Gasteiger partial charge in [-0.15, -0.1) is 5.10 Å². The van der Waals surface area contributed by atoms with Crippen LogP contribution in [0.25, 0.3) is 0 Å². The molecule has 182 valence electrons. The van der Waals surface area contributed by atoms with Crippen molar-refractivity contribution in [3.05, 3.63) is 89.0 Å². The second-order valence-corrected chi connectivity index (χ2v) is 8.66. The number of carbonyl (C=O) groups is 2. The first-order valence-corrected chi connectivity index (χ1v) is 11.5. The number of hydrogen-bond acceptors (Lipinski definition) is 5. The lowest BCUT2D eigenvalue weighted by molar-refractivity contribution is -0.138. The number of carbonyl (C=O) groups excluding carboxylic acids is 2. The Kier molecular flexibility index (Phi) is 7.53. The van der Waals surface area contributed by atoms with Gasteiger partial charge in [0.05, 0.1) is 11.3 Å². The molecular formula is C26H25F3N4O2. The molecule has 1 amide bonds. The van der Waals surface area contributed by atoms with Gasteiger partial charge >= 0.3 is 6.18 Å².